The molecule has 1 aromatic heterocycles. The van der Waals surface area contributed by atoms with Gasteiger partial charge >= 0.3 is 5.97 Å². The average Bonchev–Trinajstić information content (AvgIpc) is 2.66. The molecule has 29 heavy (non-hydrogen) atoms. The van der Waals surface area contributed by atoms with Crippen LogP contribution in [0.4, 0.5) is 14.6 Å². The molecular weight excluding hydrogens is 431 g/mol. The number of halogens is 4. The summed E-state index contributed by atoms with van der Waals surface area (Å²) >= 11 is 11.9. The molecule has 7 nitrogen and oxygen atoms in total. The molecule has 2 amide bonds. The number of rotatable bonds is 7. The number of carbonyl (C=O) groups excluding carboxylic acids is 3. The zero-order chi connectivity index (χ0) is 21.6. The van der Waals surface area contributed by atoms with Crippen molar-refractivity contribution in [3.63, 3.8) is 0 Å². The number of hydrogen-bond acceptors (Lipinski definition) is 5. The molecule has 0 bridgehead atoms. The molecule has 0 aliphatic heterocycles. The average molecular weight is 446 g/mol. The first-order valence-corrected chi connectivity index (χ1v) is 8.94. The molecule has 0 saturated heterocycles. The Morgan fingerprint density at radius 2 is 1.93 bits per heavy atom. The Hall–Kier alpha value is -2.78. The van der Waals surface area contributed by atoms with Crippen molar-refractivity contribution < 1.29 is 27.9 Å². The van der Waals surface area contributed by atoms with E-state index in [1.807, 2.05) is 0 Å². The molecule has 0 spiro atoms. The van der Waals surface area contributed by atoms with Gasteiger partial charge in [0, 0.05) is 18.8 Å². The largest absolute Gasteiger partial charge is 0.456 e. The minimum absolute atomic E-state index is 0.0724. The Morgan fingerprint density at radius 1 is 1.21 bits per heavy atom. The molecule has 2 N–H and O–H groups in total. The van der Waals surface area contributed by atoms with E-state index < -0.39 is 36.0 Å². The van der Waals surface area contributed by atoms with Gasteiger partial charge in [0.15, 0.2) is 12.4 Å². The lowest BCUT2D eigenvalue weighted by Crippen LogP contribution is -2.28. The lowest BCUT2D eigenvalue weighted by molar-refractivity contribution is -0.147. The highest BCUT2D eigenvalue weighted by Gasteiger charge is 2.15. The smallest absolute Gasteiger partial charge is 0.308 e. The van der Waals surface area contributed by atoms with E-state index in [1.54, 1.807) is 6.92 Å². The third-order valence-electron chi connectivity index (χ3n) is 3.61. The predicted octanol–water partition coefficient (Wildman–Crippen LogP) is 3.28. The number of pyridine rings is 1. The van der Waals surface area contributed by atoms with Gasteiger partial charge in [0.25, 0.3) is 11.8 Å². The van der Waals surface area contributed by atoms with Crippen LogP contribution < -0.4 is 10.6 Å². The summed E-state index contributed by atoms with van der Waals surface area (Å²) in [5, 5.41) is 5.17. The van der Waals surface area contributed by atoms with Gasteiger partial charge in [-0.05, 0) is 24.6 Å². The molecule has 2 rings (SSSR count). The molecule has 0 unspecified atom stereocenters. The highest BCUT2D eigenvalue weighted by Crippen LogP contribution is 2.28. The fourth-order valence-corrected chi connectivity index (χ4v) is 2.47. The van der Waals surface area contributed by atoms with E-state index in [-0.39, 0.29) is 29.4 Å². The molecule has 1 heterocycles. The topological polar surface area (TPSA) is 97.4 Å². The molecule has 0 atom stereocenters. The monoisotopic (exact) mass is 445 g/mol. The van der Waals surface area contributed by atoms with E-state index in [9.17, 15) is 23.2 Å². The van der Waals surface area contributed by atoms with Crippen LogP contribution in [-0.2, 0) is 14.3 Å². The first-order valence-electron chi connectivity index (χ1n) is 8.18. The zero-order valence-electron chi connectivity index (χ0n) is 15.0. The van der Waals surface area contributed by atoms with Gasteiger partial charge < -0.3 is 15.4 Å². The summed E-state index contributed by atoms with van der Waals surface area (Å²) in [6, 6.07) is 2.50. The molecule has 0 fully saturated rings. The van der Waals surface area contributed by atoms with E-state index in [0.29, 0.717) is 16.7 Å². The molecular formula is C18H15Cl2F2N3O4. The van der Waals surface area contributed by atoms with Crippen molar-refractivity contribution in [3.8, 4) is 0 Å². The second-order valence-electron chi connectivity index (χ2n) is 5.73. The second-order valence-corrected chi connectivity index (χ2v) is 6.52. The first kappa shape index (κ1) is 22.5. The molecule has 11 heteroatoms. The van der Waals surface area contributed by atoms with Crippen LogP contribution in [-0.4, -0.2) is 35.9 Å². The summed E-state index contributed by atoms with van der Waals surface area (Å²) in [5.41, 5.74) is 0.172. The quantitative estimate of drug-likeness (QED) is 0.637. The Labute approximate surface area is 174 Å². The van der Waals surface area contributed by atoms with Gasteiger partial charge in [-0.2, -0.15) is 0 Å². The summed E-state index contributed by atoms with van der Waals surface area (Å²) in [6.07, 6.45) is 1.05. The van der Waals surface area contributed by atoms with Crippen molar-refractivity contribution in [1.82, 2.24) is 10.3 Å². The number of esters is 1. The van der Waals surface area contributed by atoms with Crippen LogP contribution in [0.3, 0.4) is 0 Å². The molecule has 2 aromatic rings. The third kappa shape index (κ3) is 6.37. The predicted molar refractivity (Wildman–Crippen MR) is 102 cm³/mol. The Morgan fingerprint density at radius 3 is 2.62 bits per heavy atom. The van der Waals surface area contributed by atoms with Crippen molar-refractivity contribution in [1.29, 1.82) is 0 Å². The molecule has 0 aliphatic rings. The van der Waals surface area contributed by atoms with E-state index >= 15 is 0 Å². The van der Waals surface area contributed by atoms with Crippen LogP contribution in [0.1, 0.15) is 22.3 Å². The first-order chi connectivity index (χ1) is 13.7. The van der Waals surface area contributed by atoms with Crippen molar-refractivity contribution in [2.45, 2.75) is 13.3 Å². The molecule has 154 valence electrons. The number of nitrogens with one attached hydrogen (secondary N) is 2. The van der Waals surface area contributed by atoms with E-state index in [4.69, 9.17) is 27.9 Å². The fourth-order valence-electron chi connectivity index (χ4n) is 2.08. The van der Waals surface area contributed by atoms with Gasteiger partial charge in [-0.3, -0.25) is 14.4 Å². The summed E-state index contributed by atoms with van der Waals surface area (Å²) in [6.45, 7) is 0.882. The number of amides is 2. The van der Waals surface area contributed by atoms with Gasteiger partial charge in [-0.25, -0.2) is 13.8 Å². The molecule has 1 aromatic carbocycles. The highest BCUT2D eigenvalue weighted by atomic mass is 35.5. The normalized spacial score (nSPS) is 10.4. The Kier molecular flexibility index (Phi) is 7.86. The number of benzene rings is 1. The van der Waals surface area contributed by atoms with E-state index in [2.05, 4.69) is 15.6 Å². The van der Waals surface area contributed by atoms with Crippen molar-refractivity contribution in [3.05, 3.63) is 57.2 Å². The van der Waals surface area contributed by atoms with Gasteiger partial charge in [-0.15, -0.1) is 0 Å². The fraction of sp³-hybridized carbons (Fsp3) is 0.222. The van der Waals surface area contributed by atoms with Gasteiger partial charge in [-0.1, -0.05) is 23.2 Å². The third-order valence-corrected chi connectivity index (χ3v) is 4.46. The number of anilines is 1. The maximum absolute atomic E-state index is 13.5. The lowest BCUT2D eigenvalue weighted by atomic mass is 10.2. The SMILES string of the molecule is Cc1c(Cl)cnc(NC(=O)COC(=O)CCNC(=O)c2ccc(F)cc2F)c1Cl. The van der Waals surface area contributed by atoms with Crippen LogP contribution in [0.2, 0.25) is 10.0 Å². The number of hydrogen-bond donors (Lipinski definition) is 2. The summed E-state index contributed by atoms with van der Waals surface area (Å²) in [5.74, 6) is -4.02. The van der Waals surface area contributed by atoms with Crippen LogP contribution in [0, 0.1) is 18.6 Å². The van der Waals surface area contributed by atoms with Crippen LogP contribution in [0.5, 0.6) is 0 Å². The van der Waals surface area contributed by atoms with Gasteiger partial charge in [0.05, 0.1) is 22.0 Å². The minimum Gasteiger partial charge on any atom is -0.456 e. The molecule has 0 saturated carbocycles. The zero-order valence-corrected chi connectivity index (χ0v) is 16.5. The van der Waals surface area contributed by atoms with Crippen molar-refractivity contribution in [2.24, 2.45) is 0 Å². The summed E-state index contributed by atoms with van der Waals surface area (Å²) in [7, 11) is 0. The summed E-state index contributed by atoms with van der Waals surface area (Å²) < 4.78 is 31.1. The Balaban J connectivity index is 1.75. The number of aromatic nitrogens is 1. The van der Waals surface area contributed by atoms with Crippen molar-refractivity contribution in [2.75, 3.05) is 18.5 Å². The number of nitrogens with zero attached hydrogens (tertiary/aromatic N) is 1. The number of carbonyl (C=O) groups is 3. The molecule has 0 aliphatic carbocycles. The van der Waals surface area contributed by atoms with Crippen LogP contribution in [0.15, 0.2) is 24.4 Å². The van der Waals surface area contributed by atoms with E-state index in [0.717, 1.165) is 12.1 Å². The number of ether oxygens (including phenoxy) is 1. The minimum atomic E-state index is -1.02. The Bertz CT molecular complexity index is 957. The highest BCUT2D eigenvalue weighted by molar-refractivity contribution is 6.37. The standard InChI is InChI=1S/C18H15Cl2F2N3O4/c1-9-12(19)7-24-17(16(9)20)25-14(26)8-29-15(27)4-5-23-18(28)11-3-2-10(21)6-13(11)22/h2-3,6-7H,4-5,8H2,1H3,(H,23,28)(H,24,25,26). The van der Waals surface area contributed by atoms with Crippen molar-refractivity contribution >= 4 is 46.8 Å². The maximum Gasteiger partial charge on any atom is 0.308 e. The van der Waals surface area contributed by atoms with Crippen LogP contribution in [0.25, 0.3) is 0 Å². The lowest BCUT2D eigenvalue weighted by Gasteiger charge is -2.10. The van der Waals surface area contributed by atoms with Gasteiger partial charge in [0.1, 0.15) is 11.6 Å². The van der Waals surface area contributed by atoms with Gasteiger partial charge in [0.2, 0.25) is 0 Å². The maximum atomic E-state index is 13.5. The second kappa shape index (κ2) is 10.1. The molecule has 0 radical (unpaired) electrons. The van der Waals surface area contributed by atoms with Crippen LogP contribution >= 0.6 is 23.2 Å². The summed E-state index contributed by atoms with van der Waals surface area (Å²) in [4.78, 5) is 39.2. The van der Waals surface area contributed by atoms with E-state index in [1.165, 1.54) is 6.20 Å².